The Labute approximate surface area is 166 Å². The minimum atomic E-state index is -0.432. The Hall–Kier alpha value is -0.410. The van der Waals surface area contributed by atoms with Crippen LogP contribution in [0.2, 0.25) is 0 Å². The highest BCUT2D eigenvalue weighted by Crippen LogP contribution is 2.68. The first-order valence-corrected chi connectivity index (χ1v) is 11.6. The van der Waals surface area contributed by atoms with Crippen LogP contribution < -0.4 is 0 Å². The molecule has 4 rings (SSSR count). The molecule has 4 aliphatic rings. The SMILES string of the molecule is CC(=NCCO)[C@H]1CC[C@H]2[C@@H]3CC[C@H]4C[C@](C)(O)CC[C@]4(C)[C@H]3CC[C@]12C. The minimum Gasteiger partial charge on any atom is -0.394 e. The van der Waals surface area contributed by atoms with E-state index in [1.54, 1.807) is 0 Å². The number of aliphatic hydroxyl groups excluding tert-OH is 1. The summed E-state index contributed by atoms with van der Waals surface area (Å²) in [5, 5.41) is 19.8. The van der Waals surface area contributed by atoms with Crippen LogP contribution in [0.25, 0.3) is 0 Å². The van der Waals surface area contributed by atoms with E-state index < -0.39 is 5.60 Å². The van der Waals surface area contributed by atoms with Crippen LogP contribution in [-0.4, -0.2) is 34.7 Å². The standard InChI is InChI=1S/C24H41NO2/c1-16(25-13-14-26)19-7-8-20-18-6-5-17-15-22(2,27)11-12-23(17,3)21(18)9-10-24(19,20)4/h17-21,26-27H,5-15H2,1-4H3/t17-,18-,19+,20-,21-,22+,23-,24+/m0/s1. The maximum Gasteiger partial charge on any atom is 0.0626 e. The average Bonchev–Trinajstić information content (AvgIpc) is 2.97. The van der Waals surface area contributed by atoms with Gasteiger partial charge >= 0.3 is 0 Å². The highest BCUT2D eigenvalue weighted by atomic mass is 16.3. The predicted octanol–water partition coefficient (Wildman–Crippen LogP) is 4.85. The van der Waals surface area contributed by atoms with E-state index in [0.29, 0.717) is 23.3 Å². The van der Waals surface area contributed by atoms with E-state index in [4.69, 9.17) is 10.1 Å². The van der Waals surface area contributed by atoms with E-state index in [1.807, 2.05) is 0 Å². The van der Waals surface area contributed by atoms with Gasteiger partial charge in [-0.3, -0.25) is 4.99 Å². The topological polar surface area (TPSA) is 52.8 Å². The molecule has 3 nitrogen and oxygen atoms in total. The van der Waals surface area contributed by atoms with E-state index >= 15 is 0 Å². The third-order valence-corrected chi connectivity index (χ3v) is 9.92. The van der Waals surface area contributed by atoms with Crippen LogP contribution in [0.3, 0.4) is 0 Å². The van der Waals surface area contributed by atoms with Crippen molar-refractivity contribution in [2.75, 3.05) is 13.2 Å². The Morgan fingerprint density at radius 2 is 1.67 bits per heavy atom. The van der Waals surface area contributed by atoms with Crippen LogP contribution in [0.15, 0.2) is 4.99 Å². The predicted molar refractivity (Wildman–Crippen MR) is 111 cm³/mol. The van der Waals surface area contributed by atoms with Crippen LogP contribution in [-0.2, 0) is 0 Å². The van der Waals surface area contributed by atoms with Crippen LogP contribution >= 0.6 is 0 Å². The summed E-state index contributed by atoms with van der Waals surface area (Å²) in [5.74, 6) is 3.92. The lowest BCUT2D eigenvalue weighted by atomic mass is 9.44. The van der Waals surface area contributed by atoms with Gasteiger partial charge < -0.3 is 10.2 Å². The summed E-state index contributed by atoms with van der Waals surface area (Å²) in [4.78, 5) is 4.70. The van der Waals surface area contributed by atoms with E-state index in [9.17, 15) is 5.11 Å². The molecule has 0 unspecified atom stereocenters. The molecule has 0 aromatic rings. The zero-order chi connectivity index (χ0) is 19.4. The Bertz CT molecular complexity index is 599. The number of aliphatic hydroxyl groups is 2. The van der Waals surface area contributed by atoms with Gasteiger partial charge in [0, 0.05) is 11.6 Å². The largest absolute Gasteiger partial charge is 0.394 e. The lowest BCUT2D eigenvalue weighted by Gasteiger charge is -2.62. The van der Waals surface area contributed by atoms with Crippen molar-refractivity contribution < 1.29 is 10.2 Å². The molecule has 0 amide bonds. The molecule has 3 heteroatoms. The van der Waals surface area contributed by atoms with Crippen molar-refractivity contribution >= 4 is 5.71 Å². The summed E-state index contributed by atoms with van der Waals surface area (Å²) < 4.78 is 0. The van der Waals surface area contributed by atoms with Gasteiger partial charge in [0.1, 0.15) is 0 Å². The van der Waals surface area contributed by atoms with Crippen molar-refractivity contribution in [3.63, 3.8) is 0 Å². The number of aliphatic imine (C=N–C) groups is 1. The molecular formula is C24H41NO2. The van der Waals surface area contributed by atoms with Crippen molar-refractivity contribution in [1.82, 2.24) is 0 Å². The fraction of sp³-hybridized carbons (Fsp3) is 0.958. The lowest BCUT2D eigenvalue weighted by Crippen LogP contribution is -2.55. The molecule has 0 aromatic carbocycles. The second-order valence-corrected chi connectivity index (χ2v) is 11.3. The van der Waals surface area contributed by atoms with Gasteiger partial charge in [-0.2, -0.15) is 0 Å². The van der Waals surface area contributed by atoms with Crippen LogP contribution in [0.1, 0.15) is 85.5 Å². The van der Waals surface area contributed by atoms with E-state index in [-0.39, 0.29) is 6.61 Å². The van der Waals surface area contributed by atoms with Gasteiger partial charge in [-0.1, -0.05) is 13.8 Å². The first-order valence-electron chi connectivity index (χ1n) is 11.6. The first kappa shape index (κ1) is 19.9. The van der Waals surface area contributed by atoms with Gasteiger partial charge in [-0.25, -0.2) is 0 Å². The molecule has 0 aromatic heterocycles. The molecule has 2 N–H and O–H groups in total. The van der Waals surface area contributed by atoms with E-state index in [2.05, 4.69) is 27.7 Å². The number of hydrogen-bond acceptors (Lipinski definition) is 3. The quantitative estimate of drug-likeness (QED) is 0.693. The third-order valence-electron chi connectivity index (χ3n) is 9.92. The second-order valence-electron chi connectivity index (χ2n) is 11.3. The van der Waals surface area contributed by atoms with E-state index in [0.717, 1.165) is 36.5 Å². The Balaban J connectivity index is 1.56. The summed E-state index contributed by atoms with van der Waals surface area (Å²) in [5.41, 5.74) is 1.72. The Morgan fingerprint density at radius 3 is 2.41 bits per heavy atom. The van der Waals surface area contributed by atoms with Crippen molar-refractivity contribution in [2.45, 2.75) is 91.1 Å². The molecule has 8 atom stereocenters. The highest BCUT2D eigenvalue weighted by molar-refractivity contribution is 5.85. The molecule has 4 fully saturated rings. The molecule has 0 bridgehead atoms. The number of hydrogen-bond donors (Lipinski definition) is 2. The maximum absolute atomic E-state index is 10.7. The lowest BCUT2D eigenvalue weighted by molar-refractivity contribution is -0.144. The van der Waals surface area contributed by atoms with Gasteiger partial charge in [0.15, 0.2) is 0 Å². The van der Waals surface area contributed by atoms with Gasteiger partial charge in [-0.05, 0) is 106 Å². The van der Waals surface area contributed by atoms with Gasteiger partial charge in [-0.15, -0.1) is 0 Å². The molecule has 0 aliphatic heterocycles. The Kier molecular flexibility index (Phi) is 5.03. The normalized spacial score (nSPS) is 52.8. The van der Waals surface area contributed by atoms with Crippen molar-refractivity contribution in [1.29, 1.82) is 0 Å². The van der Waals surface area contributed by atoms with Crippen LogP contribution in [0.5, 0.6) is 0 Å². The van der Waals surface area contributed by atoms with Gasteiger partial charge in [0.05, 0.1) is 18.8 Å². The summed E-state index contributed by atoms with van der Waals surface area (Å²) in [6.07, 6.45) is 11.3. The van der Waals surface area contributed by atoms with Gasteiger partial charge in [0.2, 0.25) is 0 Å². The summed E-state index contributed by atoms with van der Waals surface area (Å²) >= 11 is 0. The molecule has 4 saturated carbocycles. The number of fused-ring (bicyclic) bond motifs is 5. The maximum atomic E-state index is 10.7. The molecule has 27 heavy (non-hydrogen) atoms. The molecule has 0 heterocycles. The van der Waals surface area contributed by atoms with Gasteiger partial charge in [0.25, 0.3) is 0 Å². The summed E-state index contributed by atoms with van der Waals surface area (Å²) in [7, 11) is 0. The molecule has 4 aliphatic carbocycles. The Morgan fingerprint density at radius 1 is 0.926 bits per heavy atom. The van der Waals surface area contributed by atoms with Crippen LogP contribution in [0, 0.1) is 40.4 Å². The number of rotatable bonds is 3. The summed E-state index contributed by atoms with van der Waals surface area (Å²) in [6, 6.07) is 0. The highest BCUT2D eigenvalue weighted by Gasteiger charge is 2.61. The minimum absolute atomic E-state index is 0.165. The monoisotopic (exact) mass is 375 g/mol. The van der Waals surface area contributed by atoms with Crippen LogP contribution in [0.4, 0.5) is 0 Å². The third kappa shape index (κ3) is 3.12. The molecule has 0 radical (unpaired) electrons. The van der Waals surface area contributed by atoms with Crippen molar-refractivity contribution in [3.05, 3.63) is 0 Å². The average molecular weight is 376 g/mol. The molecular weight excluding hydrogens is 334 g/mol. The molecule has 0 spiro atoms. The fourth-order valence-electron chi connectivity index (χ4n) is 8.45. The smallest absolute Gasteiger partial charge is 0.0626 e. The van der Waals surface area contributed by atoms with Crippen molar-refractivity contribution in [2.24, 2.45) is 45.4 Å². The van der Waals surface area contributed by atoms with E-state index in [1.165, 1.54) is 50.7 Å². The van der Waals surface area contributed by atoms with Crippen molar-refractivity contribution in [3.8, 4) is 0 Å². The second kappa shape index (κ2) is 6.83. The molecule has 0 saturated heterocycles. The number of nitrogens with zero attached hydrogens (tertiary/aromatic N) is 1. The fourth-order valence-corrected chi connectivity index (χ4v) is 8.45. The summed E-state index contributed by atoms with van der Waals surface area (Å²) in [6.45, 7) is 10.1. The zero-order valence-corrected chi connectivity index (χ0v) is 18.0. The first-order chi connectivity index (χ1) is 12.7. The molecule has 154 valence electrons. The zero-order valence-electron chi connectivity index (χ0n) is 18.0.